The van der Waals surface area contributed by atoms with Crippen LogP contribution in [0.4, 0.5) is 4.39 Å². The number of nitriles is 1. The first-order valence-electron chi connectivity index (χ1n) is 4.10. The van der Waals surface area contributed by atoms with Crippen molar-refractivity contribution < 1.29 is 4.39 Å². The minimum atomic E-state index is -0.230. The Morgan fingerprint density at radius 3 is 2.38 bits per heavy atom. The van der Waals surface area contributed by atoms with E-state index >= 15 is 0 Å². The third kappa shape index (κ3) is 1.84. The number of nitrogens with zero attached hydrogens (tertiary/aromatic N) is 1. The summed E-state index contributed by atoms with van der Waals surface area (Å²) in [4.78, 5) is 0.973. The largest absolute Gasteiger partial charge is 0.207 e. The Morgan fingerprint density at radius 1 is 1.31 bits per heavy atom. The van der Waals surface area contributed by atoms with Gasteiger partial charge in [-0.15, -0.1) is 11.8 Å². The molecule has 0 aromatic heterocycles. The standard InChI is InChI=1S/C10H8FNS/c11-8-1-3-9(4-2-8)13-10(7-12)5-6-10/h1-4H,5-6H2. The third-order valence-electron chi connectivity index (χ3n) is 2.03. The van der Waals surface area contributed by atoms with Crippen LogP contribution in [0.25, 0.3) is 0 Å². The fraction of sp³-hybridized carbons (Fsp3) is 0.300. The highest BCUT2D eigenvalue weighted by molar-refractivity contribution is 8.01. The Labute approximate surface area is 80.6 Å². The maximum Gasteiger partial charge on any atom is 0.123 e. The van der Waals surface area contributed by atoms with E-state index in [2.05, 4.69) is 6.07 Å². The maximum absolute atomic E-state index is 12.5. The van der Waals surface area contributed by atoms with E-state index in [0.29, 0.717) is 0 Å². The number of benzene rings is 1. The molecule has 0 spiro atoms. The van der Waals surface area contributed by atoms with Crippen molar-refractivity contribution in [3.05, 3.63) is 30.1 Å². The van der Waals surface area contributed by atoms with Crippen LogP contribution in [0.2, 0.25) is 0 Å². The van der Waals surface area contributed by atoms with Gasteiger partial charge in [0.05, 0.1) is 6.07 Å². The number of hydrogen-bond acceptors (Lipinski definition) is 2. The van der Waals surface area contributed by atoms with E-state index in [1.165, 1.54) is 23.9 Å². The molecular weight excluding hydrogens is 185 g/mol. The van der Waals surface area contributed by atoms with Crippen LogP contribution in [0.3, 0.4) is 0 Å². The fourth-order valence-electron chi connectivity index (χ4n) is 1.08. The molecule has 3 heteroatoms. The van der Waals surface area contributed by atoms with Crippen molar-refractivity contribution in [1.29, 1.82) is 5.26 Å². The van der Waals surface area contributed by atoms with Crippen molar-refractivity contribution in [3.63, 3.8) is 0 Å². The Balaban J connectivity index is 2.11. The van der Waals surface area contributed by atoms with Crippen molar-refractivity contribution in [2.24, 2.45) is 0 Å². The molecule has 1 nitrogen and oxygen atoms in total. The molecule has 0 atom stereocenters. The summed E-state index contributed by atoms with van der Waals surface area (Å²) in [5.74, 6) is -0.230. The second-order valence-corrected chi connectivity index (χ2v) is 4.62. The highest BCUT2D eigenvalue weighted by Gasteiger charge is 2.44. The predicted octanol–water partition coefficient (Wildman–Crippen LogP) is 2.97. The summed E-state index contributed by atoms with van der Waals surface area (Å²) in [6.45, 7) is 0. The highest BCUT2D eigenvalue weighted by Crippen LogP contribution is 2.50. The summed E-state index contributed by atoms with van der Waals surface area (Å²) in [7, 11) is 0. The summed E-state index contributed by atoms with van der Waals surface area (Å²) in [5, 5.41) is 8.83. The molecule has 1 fully saturated rings. The van der Waals surface area contributed by atoms with Crippen molar-refractivity contribution in [3.8, 4) is 6.07 Å². The second kappa shape index (κ2) is 3.04. The van der Waals surface area contributed by atoms with Crippen molar-refractivity contribution in [1.82, 2.24) is 0 Å². The lowest BCUT2D eigenvalue weighted by atomic mass is 10.3. The number of hydrogen-bond donors (Lipinski definition) is 0. The van der Waals surface area contributed by atoms with Crippen molar-refractivity contribution in [2.75, 3.05) is 0 Å². The molecule has 0 radical (unpaired) electrons. The molecule has 0 N–H and O–H groups in total. The molecular formula is C10H8FNS. The lowest BCUT2D eigenvalue weighted by Gasteiger charge is -2.04. The lowest BCUT2D eigenvalue weighted by molar-refractivity contribution is 0.626. The van der Waals surface area contributed by atoms with E-state index in [0.717, 1.165) is 17.7 Å². The van der Waals surface area contributed by atoms with Gasteiger partial charge < -0.3 is 0 Å². The number of halogens is 1. The van der Waals surface area contributed by atoms with Gasteiger partial charge in [-0.2, -0.15) is 5.26 Å². The van der Waals surface area contributed by atoms with E-state index in [-0.39, 0.29) is 10.6 Å². The molecule has 0 amide bonds. The average molecular weight is 193 g/mol. The summed E-state index contributed by atoms with van der Waals surface area (Å²) in [6, 6.07) is 8.58. The monoisotopic (exact) mass is 193 g/mol. The van der Waals surface area contributed by atoms with Gasteiger partial charge in [-0.3, -0.25) is 0 Å². The van der Waals surface area contributed by atoms with Crippen LogP contribution < -0.4 is 0 Å². The van der Waals surface area contributed by atoms with E-state index in [9.17, 15) is 4.39 Å². The van der Waals surface area contributed by atoms with Crippen molar-refractivity contribution >= 4 is 11.8 Å². The Hall–Kier alpha value is -1.01. The van der Waals surface area contributed by atoms with Crippen LogP contribution >= 0.6 is 11.8 Å². The molecule has 0 aliphatic heterocycles. The zero-order valence-electron chi connectivity index (χ0n) is 6.96. The molecule has 0 saturated heterocycles. The molecule has 0 unspecified atom stereocenters. The quantitative estimate of drug-likeness (QED) is 0.721. The molecule has 13 heavy (non-hydrogen) atoms. The summed E-state index contributed by atoms with van der Waals surface area (Å²) >= 11 is 1.54. The Bertz CT molecular complexity index is 348. The predicted molar refractivity (Wildman–Crippen MR) is 49.8 cm³/mol. The van der Waals surface area contributed by atoms with Crippen LogP contribution in [-0.4, -0.2) is 4.75 Å². The SMILES string of the molecule is N#CC1(Sc2ccc(F)cc2)CC1. The van der Waals surface area contributed by atoms with Crippen LogP contribution in [0.1, 0.15) is 12.8 Å². The second-order valence-electron chi connectivity index (χ2n) is 3.16. The van der Waals surface area contributed by atoms with Gasteiger partial charge in [0.15, 0.2) is 0 Å². The average Bonchev–Trinajstić information content (AvgIpc) is 2.90. The van der Waals surface area contributed by atoms with Gasteiger partial charge in [-0.1, -0.05) is 0 Å². The van der Waals surface area contributed by atoms with E-state index in [1.54, 1.807) is 12.1 Å². The van der Waals surface area contributed by atoms with Crippen LogP contribution in [0, 0.1) is 17.1 Å². The molecule has 1 aliphatic carbocycles. The topological polar surface area (TPSA) is 23.8 Å². The van der Waals surface area contributed by atoms with Crippen LogP contribution in [0.5, 0.6) is 0 Å². The van der Waals surface area contributed by atoms with E-state index < -0.39 is 0 Å². The van der Waals surface area contributed by atoms with Crippen LogP contribution in [0.15, 0.2) is 29.2 Å². The Kier molecular flexibility index (Phi) is 2.01. The lowest BCUT2D eigenvalue weighted by Crippen LogP contribution is -1.95. The van der Waals surface area contributed by atoms with Gasteiger partial charge in [0.2, 0.25) is 0 Å². The minimum Gasteiger partial charge on any atom is -0.207 e. The Morgan fingerprint density at radius 2 is 1.92 bits per heavy atom. The fourth-order valence-corrected chi connectivity index (χ4v) is 2.15. The van der Waals surface area contributed by atoms with Gasteiger partial charge in [0, 0.05) is 4.90 Å². The molecule has 0 bridgehead atoms. The van der Waals surface area contributed by atoms with Gasteiger partial charge >= 0.3 is 0 Å². The first-order chi connectivity index (χ1) is 6.24. The minimum absolute atomic E-state index is 0.210. The molecule has 66 valence electrons. The van der Waals surface area contributed by atoms with E-state index in [4.69, 9.17) is 5.26 Å². The zero-order valence-corrected chi connectivity index (χ0v) is 7.77. The summed E-state index contributed by atoms with van der Waals surface area (Å²) in [5.41, 5.74) is 0. The van der Waals surface area contributed by atoms with Gasteiger partial charge in [0.1, 0.15) is 10.6 Å². The molecule has 1 aromatic carbocycles. The summed E-state index contributed by atoms with van der Waals surface area (Å²) in [6.07, 6.45) is 1.90. The smallest absolute Gasteiger partial charge is 0.123 e. The molecule has 1 saturated carbocycles. The summed E-state index contributed by atoms with van der Waals surface area (Å²) < 4.78 is 12.3. The van der Waals surface area contributed by atoms with Gasteiger partial charge in [-0.25, -0.2) is 4.39 Å². The maximum atomic E-state index is 12.5. The first kappa shape index (κ1) is 8.58. The zero-order chi connectivity index (χ0) is 9.31. The molecule has 1 aromatic rings. The number of rotatable bonds is 2. The first-order valence-corrected chi connectivity index (χ1v) is 4.92. The van der Waals surface area contributed by atoms with Gasteiger partial charge in [-0.05, 0) is 37.1 Å². The molecule has 0 heterocycles. The van der Waals surface area contributed by atoms with Gasteiger partial charge in [0.25, 0.3) is 0 Å². The van der Waals surface area contributed by atoms with Crippen LogP contribution in [-0.2, 0) is 0 Å². The molecule has 1 aliphatic rings. The third-order valence-corrected chi connectivity index (χ3v) is 3.43. The highest BCUT2D eigenvalue weighted by atomic mass is 32.2. The molecule has 2 rings (SSSR count). The number of thioether (sulfide) groups is 1. The van der Waals surface area contributed by atoms with Crippen molar-refractivity contribution in [2.45, 2.75) is 22.5 Å². The normalized spacial score (nSPS) is 17.8. The van der Waals surface area contributed by atoms with E-state index in [1.807, 2.05) is 0 Å².